The molecule has 0 aliphatic heterocycles. The van der Waals surface area contributed by atoms with E-state index in [2.05, 4.69) is 70.7 Å². The summed E-state index contributed by atoms with van der Waals surface area (Å²) in [6, 6.07) is 0. The van der Waals surface area contributed by atoms with E-state index >= 15 is 0 Å². The summed E-state index contributed by atoms with van der Waals surface area (Å²) in [6.07, 6.45) is 17.5. The maximum absolute atomic E-state index is 3.87. The van der Waals surface area contributed by atoms with Crippen LogP contribution in [0.15, 0.2) is 71.4 Å². The lowest BCUT2D eigenvalue weighted by molar-refractivity contribution is 0.792. The van der Waals surface area contributed by atoms with Gasteiger partial charge in [-0.15, -0.1) is 0 Å². The Hall–Kier alpha value is -1.56. The molecule has 0 spiro atoms. The molecule has 0 aromatic heterocycles. The average molecular weight is 284 g/mol. The lowest BCUT2D eigenvalue weighted by Crippen LogP contribution is -1.89. The second kappa shape index (κ2) is 11.1. The van der Waals surface area contributed by atoms with Gasteiger partial charge in [0.2, 0.25) is 0 Å². The van der Waals surface area contributed by atoms with Crippen molar-refractivity contribution in [2.45, 2.75) is 54.4 Å². The van der Waals surface area contributed by atoms with Gasteiger partial charge in [-0.05, 0) is 42.4 Å². The van der Waals surface area contributed by atoms with Crippen molar-refractivity contribution in [1.29, 1.82) is 0 Å². The van der Waals surface area contributed by atoms with Crippen molar-refractivity contribution in [2.24, 2.45) is 5.92 Å². The van der Waals surface area contributed by atoms with Gasteiger partial charge in [0.15, 0.2) is 0 Å². The summed E-state index contributed by atoms with van der Waals surface area (Å²) in [7, 11) is 0. The van der Waals surface area contributed by atoms with Gasteiger partial charge in [-0.1, -0.05) is 89.3 Å². The molecule has 0 nitrogen and oxygen atoms in total. The van der Waals surface area contributed by atoms with Crippen molar-refractivity contribution < 1.29 is 0 Å². The highest BCUT2D eigenvalue weighted by Crippen LogP contribution is 2.19. The van der Waals surface area contributed by atoms with Crippen molar-refractivity contribution in [3.63, 3.8) is 0 Å². The quantitative estimate of drug-likeness (QED) is 0.479. The van der Waals surface area contributed by atoms with Crippen molar-refractivity contribution in [2.75, 3.05) is 0 Å². The molecule has 1 aliphatic carbocycles. The smallest absolute Gasteiger partial charge is 0.0154 e. The fourth-order valence-electron chi connectivity index (χ4n) is 2.04. The summed E-state index contributed by atoms with van der Waals surface area (Å²) >= 11 is 0. The van der Waals surface area contributed by atoms with Crippen LogP contribution in [0.25, 0.3) is 0 Å². The Morgan fingerprint density at radius 1 is 1.19 bits per heavy atom. The van der Waals surface area contributed by atoms with E-state index in [0.717, 1.165) is 12.8 Å². The summed E-state index contributed by atoms with van der Waals surface area (Å²) in [6.45, 7) is 16.6. The molecular weight excluding hydrogens is 252 g/mol. The lowest BCUT2D eigenvalue weighted by atomic mass is 10.0. The van der Waals surface area contributed by atoms with Gasteiger partial charge < -0.3 is 0 Å². The molecule has 116 valence electrons. The van der Waals surface area contributed by atoms with Gasteiger partial charge in [-0.25, -0.2) is 0 Å². The highest BCUT2D eigenvalue weighted by atomic mass is 14.1. The Kier molecular flexibility index (Phi) is 10.3. The van der Waals surface area contributed by atoms with E-state index in [1.807, 2.05) is 19.9 Å². The molecule has 0 fully saturated rings. The first kappa shape index (κ1) is 19.4. The number of rotatable bonds is 5. The summed E-state index contributed by atoms with van der Waals surface area (Å²) in [5.74, 6) is 0.522. The highest BCUT2D eigenvalue weighted by Gasteiger charge is 2.00. The van der Waals surface area contributed by atoms with Gasteiger partial charge in [0, 0.05) is 0 Å². The average Bonchev–Trinajstić information content (AvgIpc) is 2.74. The Balaban J connectivity index is 0.00000191. The molecule has 21 heavy (non-hydrogen) atoms. The first-order chi connectivity index (χ1) is 10.1. The topological polar surface area (TPSA) is 0 Å². The number of hydrogen-bond acceptors (Lipinski definition) is 0. The standard InChI is InChI=1S/C19H26.C2H6/c1-6-17-9-8-10-19(14-12-17)16(5)11-13-18(7-2)15(3)4;1-2/h7,9-15H,2,6,8H2,1,3-5H3;1-2H3/b16-11+,18-13+;. The van der Waals surface area contributed by atoms with Gasteiger partial charge in [-0.3, -0.25) is 0 Å². The molecule has 0 heteroatoms. The van der Waals surface area contributed by atoms with Gasteiger partial charge in [-0.2, -0.15) is 0 Å². The van der Waals surface area contributed by atoms with Gasteiger partial charge in [0.05, 0.1) is 0 Å². The molecule has 1 aliphatic rings. The largest absolute Gasteiger partial charge is 0.0988 e. The molecule has 0 atom stereocenters. The van der Waals surface area contributed by atoms with Gasteiger partial charge >= 0.3 is 0 Å². The van der Waals surface area contributed by atoms with Gasteiger partial charge in [0.1, 0.15) is 0 Å². The predicted octanol–water partition coefficient (Wildman–Crippen LogP) is 6.95. The van der Waals surface area contributed by atoms with Crippen LogP contribution in [0.3, 0.4) is 0 Å². The Morgan fingerprint density at radius 2 is 1.86 bits per heavy atom. The second-order valence-electron chi connectivity index (χ2n) is 5.24. The van der Waals surface area contributed by atoms with Crippen molar-refractivity contribution in [3.05, 3.63) is 71.4 Å². The van der Waals surface area contributed by atoms with Crippen LogP contribution in [0.1, 0.15) is 54.4 Å². The Bertz CT molecular complexity index is 462. The predicted molar refractivity (Wildman–Crippen MR) is 98.4 cm³/mol. The zero-order chi connectivity index (χ0) is 16.3. The molecule has 0 saturated carbocycles. The van der Waals surface area contributed by atoms with Crippen LogP contribution < -0.4 is 0 Å². The molecule has 0 bridgehead atoms. The lowest BCUT2D eigenvalue weighted by Gasteiger charge is -2.05. The molecule has 0 unspecified atom stereocenters. The van der Waals surface area contributed by atoms with E-state index in [4.69, 9.17) is 0 Å². The van der Waals surface area contributed by atoms with E-state index in [9.17, 15) is 0 Å². The fraction of sp³-hybridized carbons (Fsp3) is 0.429. The monoisotopic (exact) mass is 284 g/mol. The summed E-state index contributed by atoms with van der Waals surface area (Å²) in [5, 5.41) is 0. The fourth-order valence-corrected chi connectivity index (χ4v) is 2.04. The summed E-state index contributed by atoms with van der Waals surface area (Å²) in [4.78, 5) is 0. The zero-order valence-electron chi connectivity index (χ0n) is 14.7. The molecule has 0 heterocycles. The summed E-state index contributed by atoms with van der Waals surface area (Å²) < 4.78 is 0. The number of allylic oxidation sites excluding steroid dienone is 11. The third-order valence-electron chi connectivity index (χ3n) is 3.49. The Morgan fingerprint density at radius 3 is 2.38 bits per heavy atom. The van der Waals surface area contributed by atoms with Crippen LogP contribution >= 0.6 is 0 Å². The molecule has 0 saturated heterocycles. The SMILES string of the molecule is C=C/C(=C\C=C(/C)C1=CCC=C(CC)C=C1)C(C)C.CC. The van der Waals surface area contributed by atoms with Crippen LogP contribution in [0.2, 0.25) is 0 Å². The maximum atomic E-state index is 3.87. The molecule has 0 aromatic rings. The first-order valence-corrected chi connectivity index (χ1v) is 8.17. The number of hydrogen-bond donors (Lipinski definition) is 0. The highest BCUT2D eigenvalue weighted by molar-refractivity contribution is 5.45. The van der Waals surface area contributed by atoms with Crippen LogP contribution in [-0.4, -0.2) is 0 Å². The van der Waals surface area contributed by atoms with E-state index in [-0.39, 0.29) is 0 Å². The molecule has 0 N–H and O–H groups in total. The van der Waals surface area contributed by atoms with E-state index in [1.165, 1.54) is 22.3 Å². The van der Waals surface area contributed by atoms with E-state index < -0.39 is 0 Å². The molecule has 1 rings (SSSR count). The van der Waals surface area contributed by atoms with Crippen LogP contribution in [0.4, 0.5) is 0 Å². The van der Waals surface area contributed by atoms with E-state index in [1.54, 1.807) is 0 Å². The van der Waals surface area contributed by atoms with Crippen LogP contribution in [0, 0.1) is 5.92 Å². The molecule has 0 radical (unpaired) electrons. The van der Waals surface area contributed by atoms with Crippen LogP contribution in [0.5, 0.6) is 0 Å². The molecule has 0 amide bonds. The maximum Gasteiger partial charge on any atom is -0.0154 e. The minimum atomic E-state index is 0.522. The van der Waals surface area contributed by atoms with Crippen molar-refractivity contribution in [3.8, 4) is 0 Å². The summed E-state index contributed by atoms with van der Waals surface area (Å²) in [5.41, 5.74) is 5.33. The minimum absolute atomic E-state index is 0.522. The first-order valence-electron chi connectivity index (χ1n) is 8.17. The van der Waals surface area contributed by atoms with Crippen LogP contribution in [-0.2, 0) is 0 Å². The molecular formula is C21H32. The third-order valence-corrected chi connectivity index (χ3v) is 3.49. The minimum Gasteiger partial charge on any atom is -0.0988 e. The van der Waals surface area contributed by atoms with E-state index in [0.29, 0.717) is 5.92 Å². The third kappa shape index (κ3) is 7.13. The van der Waals surface area contributed by atoms with Crippen molar-refractivity contribution >= 4 is 0 Å². The van der Waals surface area contributed by atoms with Crippen molar-refractivity contribution in [1.82, 2.24) is 0 Å². The normalized spacial score (nSPS) is 15.8. The Labute approximate surface area is 132 Å². The van der Waals surface area contributed by atoms with Gasteiger partial charge in [0.25, 0.3) is 0 Å². The second-order valence-corrected chi connectivity index (χ2v) is 5.24. The molecule has 0 aromatic carbocycles. The zero-order valence-corrected chi connectivity index (χ0v) is 14.7.